The van der Waals surface area contributed by atoms with Crippen LogP contribution in [0.5, 0.6) is 5.75 Å². The van der Waals surface area contributed by atoms with Gasteiger partial charge in [0, 0.05) is 13.0 Å². The zero-order chi connectivity index (χ0) is 12.3. The molecule has 1 aromatic rings. The Morgan fingerprint density at radius 2 is 2.53 bits per heavy atom. The summed E-state index contributed by atoms with van der Waals surface area (Å²) in [7, 11) is 1.57. The molecular formula is C12H19N3O2. The Labute approximate surface area is 101 Å². The molecule has 0 amide bonds. The van der Waals surface area contributed by atoms with Crippen molar-refractivity contribution in [1.82, 2.24) is 15.1 Å². The Bertz CT molecular complexity index is 373. The summed E-state index contributed by atoms with van der Waals surface area (Å²) < 4.78 is 6.91. The summed E-state index contributed by atoms with van der Waals surface area (Å²) in [6, 6.07) is 0. The van der Waals surface area contributed by atoms with E-state index >= 15 is 0 Å². The van der Waals surface area contributed by atoms with Gasteiger partial charge in [0.15, 0.2) is 11.5 Å². The highest BCUT2D eigenvalue weighted by Gasteiger charge is 2.24. The van der Waals surface area contributed by atoms with Crippen LogP contribution in [0, 0.1) is 5.92 Å². The Morgan fingerprint density at radius 1 is 1.71 bits per heavy atom. The lowest BCUT2D eigenvalue weighted by Crippen LogP contribution is -2.16. The van der Waals surface area contributed by atoms with Gasteiger partial charge in [0.2, 0.25) is 0 Å². The van der Waals surface area contributed by atoms with Crippen molar-refractivity contribution in [2.75, 3.05) is 20.2 Å². The van der Waals surface area contributed by atoms with Crippen molar-refractivity contribution in [3.05, 3.63) is 11.9 Å². The second kappa shape index (κ2) is 5.31. The number of nitrogens with zero attached hydrogens (tertiary/aromatic N) is 2. The molecule has 1 unspecified atom stereocenters. The van der Waals surface area contributed by atoms with E-state index in [4.69, 9.17) is 4.74 Å². The van der Waals surface area contributed by atoms with Gasteiger partial charge in [0.25, 0.3) is 0 Å². The van der Waals surface area contributed by atoms with Crippen molar-refractivity contribution >= 4 is 5.78 Å². The third-order valence-corrected chi connectivity index (χ3v) is 3.23. The van der Waals surface area contributed by atoms with Gasteiger partial charge in [-0.2, -0.15) is 5.10 Å². The lowest BCUT2D eigenvalue weighted by atomic mass is 10.00. The van der Waals surface area contributed by atoms with Crippen LogP contribution < -0.4 is 10.1 Å². The first-order valence-electron chi connectivity index (χ1n) is 6.10. The average Bonchev–Trinajstić information content (AvgIpc) is 2.95. The van der Waals surface area contributed by atoms with Crippen molar-refractivity contribution < 1.29 is 9.53 Å². The lowest BCUT2D eigenvalue weighted by molar-refractivity contribution is 0.0951. The maximum absolute atomic E-state index is 12.3. The van der Waals surface area contributed by atoms with Crippen LogP contribution in [-0.4, -0.2) is 35.8 Å². The van der Waals surface area contributed by atoms with E-state index in [1.54, 1.807) is 18.0 Å². The minimum absolute atomic E-state index is 0.134. The molecule has 1 aliphatic rings. The monoisotopic (exact) mass is 237 g/mol. The minimum Gasteiger partial charge on any atom is -0.493 e. The van der Waals surface area contributed by atoms with Crippen molar-refractivity contribution in [1.29, 1.82) is 0 Å². The van der Waals surface area contributed by atoms with Crippen molar-refractivity contribution in [2.24, 2.45) is 5.92 Å². The molecule has 0 saturated carbocycles. The zero-order valence-electron chi connectivity index (χ0n) is 10.4. The molecule has 0 spiro atoms. The highest BCUT2D eigenvalue weighted by atomic mass is 16.5. The van der Waals surface area contributed by atoms with Crippen LogP contribution in [0.1, 0.15) is 30.3 Å². The van der Waals surface area contributed by atoms with E-state index in [-0.39, 0.29) is 5.78 Å². The molecule has 5 heteroatoms. The van der Waals surface area contributed by atoms with Crippen molar-refractivity contribution in [3.8, 4) is 5.75 Å². The number of ether oxygens (including phenoxy) is 1. The maximum Gasteiger partial charge on any atom is 0.184 e. The molecule has 1 aliphatic heterocycles. The van der Waals surface area contributed by atoms with Gasteiger partial charge >= 0.3 is 0 Å². The van der Waals surface area contributed by atoms with Crippen LogP contribution in [0.15, 0.2) is 6.20 Å². The van der Waals surface area contributed by atoms with Gasteiger partial charge < -0.3 is 10.1 Å². The van der Waals surface area contributed by atoms with E-state index in [2.05, 4.69) is 10.4 Å². The average molecular weight is 237 g/mol. The highest BCUT2D eigenvalue weighted by molar-refractivity contribution is 5.97. The van der Waals surface area contributed by atoms with Gasteiger partial charge in [-0.3, -0.25) is 9.48 Å². The van der Waals surface area contributed by atoms with E-state index in [1.165, 1.54) is 0 Å². The van der Waals surface area contributed by atoms with Crippen LogP contribution in [0.4, 0.5) is 0 Å². The first-order chi connectivity index (χ1) is 8.26. The number of carbonyl (C=O) groups is 1. The topological polar surface area (TPSA) is 56.2 Å². The lowest BCUT2D eigenvalue weighted by Gasteiger charge is -2.09. The number of methoxy groups -OCH3 is 1. The number of aromatic nitrogens is 2. The molecule has 94 valence electrons. The summed E-state index contributed by atoms with van der Waals surface area (Å²) in [5.41, 5.74) is 0.613. The minimum atomic E-state index is 0.134. The molecule has 0 aromatic carbocycles. The van der Waals surface area contributed by atoms with Crippen LogP contribution in [0.25, 0.3) is 0 Å². The number of carbonyl (C=O) groups excluding carboxylic acids is 1. The molecule has 5 nitrogen and oxygen atoms in total. The number of hydrogen-bond acceptors (Lipinski definition) is 4. The number of Topliss-reactive ketones (excluding diaryl/α,β-unsaturated/α-hetero) is 1. The molecule has 1 atom stereocenters. The van der Waals surface area contributed by atoms with E-state index in [9.17, 15) is 4.79 Å². The van der Waals surface area contributed by atoms with Crippen molar-refractivity contribution in [3.63, 3.8) is 0 Å². The molecule has 0 bridgehead atoms. The second-order valence-electron chi connectivity index (χ2n) is 4.36. The van der Waals surface area contributed by atoms with Gasteiger partial charge in [-0.25, -0.2) is 0 Å². The Balaban J connectivity index is 2.13. The predicted molar refractivity (Wildman–Crippen MR) is 64.4 cm³/mol. The normalized spacial score (nSPS) is 19.5. The number of aryl methyl sites for hydroxylation is 1. The largest absolute Gasteiger partial charge is 0.493 e. The van der Waals surface area contributed by atoms with Crippen LogP contribution in [0.2, 0.25) is 0 Å². The fourth-order valence-electron chi connectivity index (χ4n) is 2.29. The summed E-state index contributed by atoms with van der Waals surface area (Å²) in [5, 5.41) is 7.43. The molecule has 2 rings (SSSR count). The number of nitrogens with one attached hydrogen (secondary N) is 1. The van der Waals surface area contributed by atoms with Gasteiger partial charge in [0.1, 0.15) is 5.69 Å². The van der Waals surface area contributed by atoms with E-state index < -0.39 is 0 Å². The molecule has 0 aliphatic carbocycles. The third kappa shape index (κ3) is 2.49. The van der Waals surface area contributed by atoms with Crippen LogP contribution in [0.3, 0.4) is 0 Å². The molecular weight excluding hydrogens is 218 g/mol. The number of ketones is 1. The molecule has 1 saturated heterocycles. The fraction of sp³-hybridized carbons (Fsp3) is 0.667. The second-order valence-corrected chi connectivity index (χ2v) is 4.36. The molecule has 1 fully saturated rings. The molecule has 1 N–H and O–H groups in total. The quantitative estimate of drug-likeness (QED) is 0.779. The fourth-order valence-corrected chi connectivity index (χ4v) is 2.29. The first-order valence-corrected chi connectivity index (χ1v) is 6.10. The highest BCUT2D eigenvalue weighted by Crippen LogP contribution is 2.22. The summed E-state index contributed by atoms with van der Waals surface area (Å²) in [5.74, 6) is 1.17. The molecule has 0 radical (unpaired) electrons. The number of rotatable bonds is 5. The summed E-state index contributed by atoms with van der Waals surface area (Å²) in [6.45, 7) is 4.62. The predicted octanol–water partition coefficient (Wildman–Crippen LogP) is 1.09. The van der Waals surface area contributed by atoms with Crippen molar-refractivity contribution in [2.45, 2.75) is 26.3 Å². The van der Waals surface area contributed by atoms with Crippen LogP contribution >= 0.6 is 0 Å². The summed E-state index contributed by atoms with van der Waals surface area (Å²) >= 11 is 0. The Hall–Kier alpha value is -1.36. The van der Waals surface area contributed by atoms with Gasteiger partial charge in [-0.05, 0) is 32.4 Å². The van der Waals surface area contributed by atoms with Gasteiger partial charge in [-0.15, -0.1) is 0 Å². The van der Waals surface area contributed by atoms with Gasteiger partial charge in [0.05, 0.1) is 13.3 Å². The van der Waals surface area contributed by atoms with E-state index in [1.807, 2.05) is 6.92 Å². The Kier molecular flexibility index (Phi) is 3.78. The van der Waals surface area contributed by atoms with E-state index in [0.29, 0.717) is 30.3 Å². The Morgan fingerprint density at radius 3 is 3.12 bits per heavy atom. The SMILES string of the molecule is CCn1ncc(OC)c1C(=O)CC1CCNC1. The molecule has 17 heavy (non-hydrogen) atoms. The van der Waals surface area contributed by atoms with E-state index in [0.717, 1.165) is 19.5 Å². The van der Waals surface area contributed by atoms with Gasteiger partial charge in [-0.1, -0.05) is 0 Å². The summed E-state index contributed by atoms with van der Waals surface area (Å²) in [4.78, 5) is 12.3. The zero-order valence-corrected chi connectivity index (χ0v) is 10.4. The maximum atomic E-state index is 12.3. The smallest absolute Gasteiger partial charge is 0.184 e. The standard InChI is InChI=1S/C12H19N3O2/c1-3-15-12(11(17-2)8-14-15)10(16)6-9-4-5-13-7-9/h8-9,13H,3-7H2,1-2H3. The van der Waals surface area contributed by atoms with Crippen LogP contribution in [-0.2, 0) is 6.54 Å². The third-order valence-electron chi connectivity index (χ3n) is 3.23. The first kappa shape index (κ1) is 12.1. The number of hydrogen-bond donors (Lipinski definition) is 1. The summed E-state index contributed by atoms with van der Waals surface area (Å²) in [6.07, 6.45) is 3.27. The molecule has 2 heterocycles. The molecule has 1 aromatic heterocycles.